The summed E-state index contributed by atoms with van der Waals surface area (Å²) in [5.41, 5.74) is 4.05. The second-order valence-corrected chi connectivity index (χ2v) is 5.33. The highest BCUT2D eigenvalue weighted by molar-refractivity contribution is 5.86. The van der Waals surface area contributed by atoms with Gasteiger partial charge in [-0.25, -0.2) is 0 Å². The molecule has 0 atom stereocenters. The van der Waals surface area contributed by atoms with Gasteiger partial charge in [0, 0.05) is 55.8 Å². The molecule has 0 saturated carbocycles. The van der Waals surface area contributed by atoms with Crippen LogP contribution in [0.4, 0.5) is 0 Å². The van der Waals surface area contributed by atoms with E-state index in [0.717, 1.165) is 44.8 Å². The van der Waals surface area contributed by atoms with Crippen molar-refractivity contribution in [2.24, 2.45) is 0 Å². The number of H-pyrrole nitrogens is 1. The molecule has 1 aliphatic heterocycles. The Hall–Kier alpha value is -1.52. The van der Waals surface area contributed by atoms with Crippen molar-refractivity contribution in [1.29, 1.82) is 0 Å². The van der Waals surface area contributed by atoms with Crippen LogP contribution in [0.1, 0.15) is 11.3 Å². The Kier molecular flexibility index (Phi) is 3.94. The van der Waals surface area contributed by atoms with Crippen LogP contribution in [0.15, 0.2) is 18.2 Å². The molecule has 0 amide bonds. The van der Waals surface area contributed by atoms with Crippen LogP contribution in [0, 0.1) is 0 Å². The van der Waals surface area contributed by atoms with Gasteiger partial charge in [-0.05, 0) is 24.1 Å². The molecule has 4 nitrogen and oxygen atoms in total. The van der Waals surface area contributed by atoms with Gasteiger partial charge in [-0.2, -0.15) is 0 Å². The highest BCUT2D eigenvalue weighted by atomic mass is 16.5. The topological polar surface area (TPSA) is 37.5 Å². The lowest BCUT2D eigenvalue weighted by Gasteiger charge is -2.18. The summed E-state index contributed by atoms with van der Waals surface area (Å²) in [4.78, 5) is 6.05. The molecule has 0 saturated heterocycles. The molecule has 1 aliphatic rings. The number of fused-ring (bicyclic) bond motifs is 3. The van der Waals surface area contributed by atoms with E-state index in [0.29, 0.717) is 0 Å². The number of aromatic amines is 1. The first kappa shape index (κ1) is 13.5. The van der Waals surface area contributed by atoms with Crippen molar-refractivity contribution in [3.05, 3.63) is 29.5 Å². The van der Waals surface area contributed by atoms with E-state index < -0.39 is 0 Å². The number of hydrogen-bond donors (Lipinski definition) is 1. The number of nitrogens with zero attached hydrogens (tertiary/aromatic N) is 1. The van der Waals surface area contributed by atoms with Gasteiger partial charge in [0.15, 0.2) is 0 Å². The minimum absolute atomic E-state index is 0.811. The quantitative estimate of drug-likeness (QED) is 0.929. The number of nitrogens with one attached hydrogen (secondary N) is 1. The Morgan fingerprint density at radius 1 is 1.20 bits per heavy atom. The molecule has 3 rings (SSSR count). The molecule has 1 aromatic carbocycles. The molecule has 0 spiro atoms. The van der Waals surface area contributed by atoms with Crippen molar-refractivity contribution in [2.75, 3.05) is 40.5 Å². The van der Waals surface area contributed by atoms with E-state index in [1.54, 1.807) is 14.2 Å². The molecule has 2 heterocycles. The summed E-state index contributed by atoms with van der Waals surface area (Å²) in [5, 5.41) is 1.34. The molecule has 4 heteroatoms. The van der Waals surface area contributed by atoms with E-state index in [-0.39, 0.29) is 0 Å². The second-order valence-electron chi connectivity index (χ2n) is 5.33. The third-order valence-electron chi connectivity index (χ3n) is 4.17. The van der Waals surface area contributed by atoms with Crippen LogP contribution in [0.5, 0.6) is 5.75 Å². The molecule has 0 aliphatic carbocycles. The van der Waals surface area contributed by atoms with Crippen molar-refractivity contribution in [1.82, 2.24) is 9.88 Å². The fourth-order valence-electron chi connectivity index (χ4n) is 3.01. The predicted molar refractivity (Wildman–Crippen MR) is 80.6 cm³/mol. The first-order valence-corrected chi connectivity index (χ1v) is 7.20. The van der Waals surface area contributed by atoms with Crippen molar-refractivity contribution in [2.45, 2.75) is 12.8 Å². The number of ether oxygens (including phenoxy) is 2. The summed E-state index contributed by atoms with van der Waals surface area (Å²) in [7, 11) is 3.48. The number of benzene rings is 1. The Labute approximate surface area is 119 Å². The van der Waals surface area contributed by atoms with Gasteiger partial charge in [-0.1, -0.05) is 0 Å². The largest absolute Gasteiger partial charge is 0.497 e. The summed E-state index contributed by atoms with van der Waals surface area (Å²) in [6, 6.07) is 6.31. The van der Waals surface area contributed by atoms with Crippen LogP contribution in [-0.2, 0) is 17.6 Å². The van der Waals surface area contributed by atoms with Crippen molar-refractivity contribution < 1.29 is 9.47 Å². The maximum atomic E-state index is 5.30. The van der Waals surface area contributed by atoms with E-state index in [1.165, 1.54) is 22.2 Å². The minimum atomic E-state index is 0.811. The lowest BCUT2D eigenvalue weighted by molar-refractivity contribution is 0.150. The van der Waals surface area contributed by atoms with Gasteiger partial charge in [0.05, 0.1) is 13.7 Å². The molecule has 1 aromatic heterocycles. The monoisotopic (exact) mass is 274 g/mol. The zero-order valence-corrected chi connectivity index (χ0v) is 12.2. The van der Waals surface area contributed by atoms with Gasteiger partial charge in [0.1, 0.15) is 5.75 Å². The second kappa shape index (κ2) is 5.85. The maximum Gasteiger partial charge on any atom is 0.120 e. The molecule has 0 fully saturated rings. The summed E-state index contributed by atoms with van der Waals surface area (Å²) in [6.07, 6.45) is 2.18. The normalized spacial score (nSPS) is 16.1. The first-order valence-electron chi connectivity index (χ1n) is 7.20. The Balaban J connectivity index is 1.84. The Bertz CT molecular complexity index is 591. The zero-order chi connectivity index (χ0) is 13.9. The highest BCUT2D eigenvalue weighted by Crippen LogP contribution is 2.28. The maximum absolute atomic E-state index is 5.30. The van der Waals surface area contributed by atoms with Crippen LogP contribution < -0.4 is 4.74 Å². The molecule has 1 N–H and O–H groups in total. The molecule has 108 valence electrons. The smallest absolute Gasteiger partial charge is 0.120 e. The van der Waals surface area contributed by atoms with Crippen molar-refractivity contribution in [3.8, 4) is 5.75 Å². The van der Waals surface area contributed by atoms with Crippen molar-refractivity contribution in [3.63, 3.8) is 0 Å². The molecular weight excluding hydrogens is 252 g/mol. The zero-order valence-electron chi connectivity index (χ0n) is 12.2. The van der Waals surface area contributed by atoms with Gasteiger partial charge in [0.25, 0.3) is 0 Å². The summed E-state index contributed by atoms with van der Waals surface area (Å²) < 4.78 is 10.5. The van der Waals surface area contributed by atoms with Gasteiger partial charge < -0.3 is 19.4 Å². The lowest BCUT2D eigenvalue weighted by atomic mass is 10.1. The summed E-state index contributed by atoms with van der Waals surface area (Å²) in [5.74, 6) is 0.913. The molecule has 0 unspecified atom stereocenters. The van der Waals surface area contributed by atoms with Gasteiger partial charge in [0.2, 0.25) is 0 Å². The average Bonchev–Trinajstić information content (AvgIpc) is 2.71. The van der Waals surface area contributed by atoms with Crippen molar-refractivity contribution >= 4 is 10.9 Å². The van der Waals surface area contributed by atoms with Gasteiger partial charge in [-0.15, -0.1) is 0 Å². The summed E-state index contributed by atoms with van der Waals surface area (Å²) in [6.45, 7) is 4.04. The third kappa shape index (κ3) is 2.53. The van der Waals surface area contributed by atoms with E-state index >= 15 is 0 Å². The van der Waals surface area contributed by atoms with Crippen LogP contribution in [0.3, 0.4) is 0 Å². The average molecular weight is 274 g/mol. The number of rotatable bonds is 4. The molecule has 0 bridgehead atoms. The molecular formula is C16H22N2O2. The van der Waals surface area contributed by atoms with Crippen LogP contribution in [0.25, 0.3) is 10.9 Å². The van der Waals surface area contributed by atoms with Gasteiger partial charge in [-0.3, -0.25) is 0 Å². The van der Waals surface area contributed by atoms with Crippen LogP contribution >= 0.6 is 0 Å². The first-order chi connectivity index (χ1) is 9.81. The molecule has 0 radical (unpaired) electrons. The SMILES string of the molecule is COCCN1CCc2[nH]c3cc(OC)ccc3c2CC1. The number of hydrogen-bond acceptors (Lipinski definition) is 3. The van der Waals surface area contributed by atoms with Gasteiger partial charge >= 0.3 is 0 Å². The van der Waals surface area contributed by atoms with E-state index in [2.05, 4.69) is 22.0 Å². The Morgan fingerprint density at radius 2 is 2.05 bits per heavy atom. The summed E-state index contributed by atoms with van der Waals surface area (Å²) >= 11 is 0. The lowest BCUT2D eigenvalue weighted by Crippen LogP contribution is -2.29. The van der Waals surface area contributed by atoms with E-state index in [1.807, 2.05) is 6.07 Å². The molecule has 2 aromatic rings. The highest BCUT2D eigenvalue weighted by Gasteiger charge is 2.18. The minimum Gasteiger partial charge on any atom is -0.497 e. The fourth-order valence-corrected chi connectivity index (χ4v) is 3.01. The fraction of sp³-hybridized carbons (Fsp3) is 0.500. The standard InChI is InChI=1S/C16H22N2O2/c1-19-10-9-18-7-5-14-13-4-3-12(20-2)11-16(13)17-15(14)6-8-18/h3-4,11,17H,5-10H2,1-2H3. The van der Waals surface area contributed by atoms with Crippen LogP contribution in [0.2, 0.25) is 0 Å². The predicted octanol–water partition coefficient (Wildman–Crippen LogP) is 2.22. The van der Waals surface area contributed by atoms with Crippen LogP contribution in [-0.4, -0.2) is 50.3 Å². The number of methoxy groups -OCH3 is 2. The van der Waals surface area contributed by atoms with E-state index in [4.69, 9.17) is 9.47 Å². The van der Waals surface area contributed by atoms with E-state index in [9.17, 15) is 0 Å². The Morgan fingerprint density at radius 3 is 2.85 bits per heavy atom. The third-order valence-corrected chi connectivity index (χ3v) is 4.17. The molecule has 20 heavy (non-hydrogen) atoms. The number of aromatic nitrogens is 1.